The maximum Gasteiger partial charge on any atom is 0.410 e. The molecule has 33 heavy (non-hydrogen) atoms. The molecule has 0 spiro atoms. The number of amidine groups is 2. The minimum Gasteiger partial charge on any atom is -0.444 e. The van der Waals surface area contributed by atoms with Gasteiger partial charge in [-0.2, -0.15) is 0 Å². The third-order valence-electron chi connectivity index (χ3n) is 5.75. The molecule has 3 aliphatic rings. The van der Waals surface area contributed by atoms with E-state index in [-0.39, 0.29) is 12.1 Å². The molecule has 0 unspecified atom stereocenters. The first-order chi connectivity index (χ1) is 15.5. The van der Waals surface area contributed by atoms with Gasteiger partial charge in [-0.15, -0.1) is 5.10 Å². The summed E-state index contributed by atoms with van der Waals surface area (Å²) >= 11 is 0. The highest BCUT2D eigenvalue weighted by atomic mass is 16.6. The van der Waals surface area contributed by atoms with Crippen molar-refractivity contribution < 1.29 is 9.53 Å². The molecule has 0 N–H and O–H groups in total. The molecule has 0 aromatic heterocycles. The molecule has 0 aromatic carbocycles. The van der Waals surface area contributed by atoms with Crippen molar-refractivity contribution in [2.75, 3.05) is 20.1 Å². The lowest BCUT2D eigenvalue weighted by Crippen LogP contribution is -2.64. The molecule has 0 aromatic rings. The van der Waals surface area contributed by atoms with Gasteiger partial charge in [-0.05, 0) is 46.1 Å². The van der Waals surface area contributed by atoms with Crippen molar-refractivity contribution in [3.8, 4) is 0 Å². The van der Waals surface area contributed by atoms with E-state index in [2.05, 4.69) is 52.9 Å². The van der Waals surface area contributed by atoms with Crippen LogP contribution in [0.4, 0.5) is 4.79 Å². The molecule has 8 nitrogen and oxygen atoms in total. The lowest BCUT2D eigenvalue weighted by molar-refractivity contribution is 0.00777. The number of amides is 1. The Morgan fingerprint density at radius 3 is 2.70 bits per heavy atom. The first-order valence-corrected chi connectivity index (χ1v) is 11.5. The van der Waals surface area contributed by atoms with E-state index >= 15 is 0 Å². The van der Waals surface area contributed by atoms with Gasteiger partial charge in [-0.1, -0.05) is 38.5 Å². The van der Waals surface area contributed by atoms with Gasteiger partial charge < -0.3 is 14.5 Å². The van der Waals surface area contributed by atoms with Gasteiger partial charge in [0.1, 0.15) is 11.3 Å². The van der Waals surface area contributed by atoms with Crippen LogP contribution >= 0.6 is 0 Å². The van der Waals surface area contributed by atoms with Crippen LogP contribution in [0, 0.1) is 5.92 Å². The van der Waals surface area contributed by atoms with Gasteiger partial charge in [-0.3, -0.25) is 0 Å². The Hall–Kier alpha value is -3.12. The van der Waals surface area contributed by atoms with Crippen LogP contribution in [0.2, 0.25) is 0 Å². The van der Waals surface area contributed by atoms with Crippen LogP contribution in [-0.4, -0.2) is 70.2 Å². The van der Waals surface area contributed by atoms with E-state index < -0.39 is 5.60 Å². The largest absolute Gasteiger partial charge is 0.444 e. The van der Waals surface area contributed by atoms with E-state index in [1.165, 1.54) is 0 Å². The number of carbonyl (C=O) groups excluding carboxylic acids is 1. The number of likely N-dealkylation sites (N-methyl/N-ethyl adjacent to an activating group) is 1. The number of hydrogen-bond acceptors (Lipinski definition) is 7. The first-order valence-electron chi connectivity index (χ1n) is 11.5. The lowest BCUT2D eigenvalue weighted by Gasteiger charge is -2.46. The molecule has 3 heterocycles. The molecule has 0 saturated carbocycles. The minimum absolute atomic E-state index is 0.0537. The molecule has 1 amide bonds. The number of hydrazone groups is 1. The zero-order valence-electron chi connectivity index (χ0n) is 21.1. The number of aliphatic imine (C=N–C) groups is 2. The van der Waals surface area contributed by atoms with Gasteiger partial charge in [-0.25, -0.2) is 19.8 Å². The molecule has 8 heteroatoms. The molecule has 1 saturated heterocycles. The molecule has 1 fully saturated rings. The average molecular weight is 453 g/mol. The third kappa shape index (κ3) is 5.82. The van der Waals surface area contributed by atoms with Crippen molar-refractivity contribution in [1.82, 2.24) is 14.8 Å². The van der Waals surface area contributed by atoms with Gasteiger partial charge in [0.15, 0.2) is 11.7 Å². The Labute approximate surface area is 197 Å². The summed E-state index contributed by atoms with van der Waals surface area (Å²) in [4.78, 5) is 25.6. The van der Waals surface area contributed by atoms with Crippen molar-refractivity contribution in [3.63, 3.8) is 0 Å². The van der Waals surface area contributed by atoms with Crippen molar-refractivity contribution in [2.24, 2.45) is 21.0 Å². The zero-order chi connectivity index (χ0) is 24.3. The average Bonchev–Trinajstić information content (AvgIpc) is 2.71. The predicted molar refractivity (Wildman–Crippen MR) is 133 cm³/mol. The second-order valence-electron chi connectivity index (χ2n) is 9.78. The van der Waals surface area contributed by atoms with E-state index in [4.69, 9.17) is 9.73 Å². The highest BCUT2D eigenvalue weighted by molar-refractivity contribution is 6.42. The standard InChI is InChI=1S/C25H36N6O2/c1-9-17(2)11-10-12-18(3)21-14-26-22(23-28-19(4)13-27-31(21)23)30-15-20(16-30)29(8)24(32)33-25(5,6)7/h10-12,14,17,20H,9,15-16H2,1-8H3/b11-10-,18-12+/t17-/m1/s1. The van der Waals surface area contributed by atoms with E-state index in [1.54, 1.807) is 17.0 Å². The van der Waals surface area contributed by atoms with Crippen LogP contribution in [0.3, 0.4) is 0 Å². The van der Waals surface area contributed by atoms with Gasteiger partial charge in [0, 0.05) is 26.0 Å². The zero-order valence-corrected chi connectivity index (χ0v) is 21.1. The number of rotatable bonds is 5. The second-order valence-corrected chi connectivity index (χ2v) is 9.78. The molecule has 0 aliphatic carbocycles. The van der Waals surface area contributed by atoms with Crippen LogP contribution in [-0.2, 0) is 4.74 Å². The summed E-state index contributed by atoms with van der Waals surface area (Å²) in [5.74, 6) is 4.93. The first kappa shape index (κ1) is 24.5. The summed E-state index contributed by atoms with van der Waals surface area (Å²) < 4.78 is 5.49. The Balaban J connectivity index is 1.76. The van der Waals surface area contributed by atoms with Crippen LogP contribution in [0.5, 0.6) is 0 Å². The molecule has 3 rings (SSSR count). The van der Waals surface area contributed by atoms with E-state index in [0.717, 1.165) is 23.5 Å². The second kappa shape index (κ2) is 9.79. The fraction of sp³-hybridized carbons (Fsp3) is 0.560. The highest BCUT2D eigenvalue weighted by Crippen LogP contribution is 2.27. The molecule has 178 valence electrons. The number of fused-ring (bicyclic) bond motifs is 1. The smallest absolute Gasteiger partial charge is 0.410 e. The third-order valence-corrected chi connectivity index (χ3v) is 5.75. The summed E-state index contributed by atoms with van der Waals surface area (Å²) in [6, 6.07) is 0.0537. The summed E-state index contributed by atoms with van der Waals surface area (Å²) in [7, 11) is 1.78. The Kier molecular flexibility index (Phi) is 7.28. The maximum atomic E-state index is 12.4. The number of nitrogens with zero attached hydrogens (tertiary/aromatic N) is 6. The highest BCUT2D eigenvalue weighted by Gasteiger charge is 2.40. The van der Waals surface area contributed by atoms with Crippen LogP contribution < -0.4 is 0 Å². The summed E-state index contributed by atoms with van der Waals surface area (Å²) in [6.45, 7) is 15.2. The molecule has 0 radical (unpaired) electrons. The maximum absolute atomic E-state index is 12.4. The summed E-state index contributed by atoms with van der Waals surface area (Å²) in [5.41, 5.74) is 2.10. The van der Waals surface area contributed by atoms with Gasteiger partial charge in [0.05, 0.1) is 17.9 Å². The number of allylic oxidation sites excluding steroid dienone is 5. The predicted octanol–water partition coefficient (Wildman–Crippen LogP) is 4.54. The minimum atomic E-state index is -0.516. The Morgan fingerprint density at radius 1 is 1.36 bits per heavy atom. The van der Waals surface area contributed by atoms with Crippen molar-refractivity contribution in [2.45, 2.75) is 66.5 Å². The number of likely N-dealkylation sites (tertiary alicyclic amines) is 1. The van der Waals surface area contributed by atoms with Crippen molar-refractivity contribution in [3.05, 3.63) is 41.4 Å². The summed E-state index contributed by atoms with van der Waals surface area (Å²) in [5, 5.41) is 6.29. The van der Waals surface area contributed by atoms with Gasteiger partial charge in [0.25, 0.3) is 0 Å². The van der Waals surface area contributed by atoms with Crippen molar-refractivity contribution in [1.29, 1.82) is 0 Å². The van der Waals surface area contributed by atoms with E-state index in [9.17, 15) is 4.79 Å². The van der Waals surface area contributed by atoms with Gasteiger partial charge >= 0.3 is 6.09 Å². The van der Waals surface area contributed by atoms with E-state index in [1.807, 2.05) is 40.8 Å². The Morgan fingerprint density at radius 2 is 2.06 bits per heavy atom. The number of carbonyl (C=O) groups is 1. The fourth-order valence-electron chi connectivity index (χ4n) is 3.41. The molecule has 0 bridgehead atoms. The normalized spacial score (nSPS) is 19.9. The SMILES string of the molecule is CC[C@@H](C)/C=C\C=C(/C)C1=CN=C(N2CC(N(C)C(=O)OC(C)(C)C)C2)C2=NC(C)=C=NN12. The molecular weight excluding hydrogens is 416 g/mol. The van der Waals surface area contributed by atoms with Gasteiger partial charge in [0.2, 0.25) is 0 Å². The molecule has 3 aliphatic heterocycles. The number of hydrogen-bond donors (Lipinski definition) is 0. The molecule has 1 atom stereocenters. The van der Waals surface area contributed by atoms with E-state index in [0.29, 0.717) is 30.5 Å². The Bertz CT molecular complexity index is 998. The lowest BCUT2D eigenvalue weighted by atomic mass is 10.1. The summed E-state index contributed by atoms with van der Waals surface area (Å²) in [6.07, 6.45) is 8.98. The van der Waals surface area contributed by atoms with Crippen LogP contribution in [0.15, 0.2) is 56.5 Å². The quantitative estimate of drug-likeness (QED) is 0.574. The monoisotopic (exact) mass is 452 g/mol. The van der Waals surface area contributed by atoms with Crippen LogP contribution in [0.25, 0.3) is 0 Å². The molecular formula is C25H36N6O2. The van der Waals surface area contributed by atoms with Crippen LogP contribution in [0.1, 0.15) is 54.9 Å². The number of ether oxygens (including phenoxy) is 1. The fourth-order valence-corrected chi connectivity index (χ4v) is 3.41. The topological polar surface area (TPSA) is 73.1 Å². The van der Waals surface area contributed by atoms with Crippen molar-refractivity contribution >= 4 is 23.6 Å².